The number of rotatable bonds is 4. The second-order valence-electron chi connectivity index (χ2n) is 6.04. The molecule has 0 amide bonds. The van der Waals surface area contributed by atoms with Crippen molar-refractivity contribution in [2.24, 2.45) is 0 Å². The molecule has 0 N–H and O–H groups in total. The number of carbonyl (C=O) groups is 1. The molecular formula is C15H22FN3O. The summed E-state index contributed by atoms with van der Waals surface area (Å²) in [6.45, 7) is 8.09. The van der Waals surface area contributed by atoms with E-state index in [1.165, 1.54) is 12.1 Å². The molecule has 5 heteroatoms. The summed E-state index contributed by atoms with van der Waals surface area (Å²) in [5, 5.41) is 0. The van der Waals surface area contributed by atoms with Gasteiger partial charge in [0.2, 0.25) is 0 Å². The van der Waals surface area contributed by atoms with Crippen molar-refractivity contribution in [3.8, 4) is 0 Å². The zero-order valence-corrected chi connectivity index (χ0v) is 12.4. The van der Waals surface area contributed by atoms with Gasteiger partial charge in [0, 0.05) is 38.1 Å². The highest BCUT2D eigenvalue weighted by atomic mass is 19.1. The van der Waals surface area contributed by atoms with E-state index in [-0.39, 0.29) is 11.3 Å². The Kier molecular flexibility index (Phi) is 4.50. The van der Waals surface area contributed by atoms with Crippen LogP contribution in [0.5, 0.6) is 0 Å². The number of halogens is 1. The molecule has 20 heavy (non-hydrogen) atoms. The molecule has 1 saturated heterocycles. The van der Waals surface area contributed by atoms with Crippen molar-refractivity contribution < 1.29 is 9.18 Å². The molecule has 0 saturated carbocycles. The Bertz CT molecular complexity index is 473. The van der Waals surface area contributed by atoms with Gasteiger partial charge in [-0.3, -0.25) is 19.6 Å². The molecule has 0 aromatic carbocycles. The number of hydrogen-bond donors (Lipinski definition) is 0. The molecule has 0 atom stereocenters. The number of likely N-dealkylation sites (N-methyl/N-ethyl adjacent to an activating group) is 1. The van der Waals surface area contributed by atoms with E-state index < -0.39 is 5.82 Å². The van der Waals surface area contributed by atoms with Crippen LogP contribution in [-0.2, 0) is 0 Å². The topological polar surface area (TPSA) is 36.4 Å². The summed E-state index contributed by atoms with van der Waals surface area (Å²) in [6.07, 6.45) is 1.52. The number of ketones is 1. The van der Waals surface area contributed by atoms with Crippen LogP contribution in [0.1, 0.15) is 30.8 Å². The molecule has 0 aliphatic carbocycles. The molecule has 1 fully saturated rings. The Hall–Kier alpha value is -1.33. The van der Waals surface area contributed by atoms with Gasteiger partial charge in [0.05, 0.1) is 6.20 Å². The van der Waals surface area contributed by atoms with Crippen LogP contribution in [-0.4, -0.2) is 59.3 Å². The van der Waals surface area contributed by atoms with Gasteiger partial charge in [0.25, 0.3) is 0 Å². The van der Waals surface area contributed by atoms with E-state index in [1.54, 1.807) is 0 Å². The number of aromatic nitrogens is 1. The van der Waals surface area contributed by atoms with Gasteiger partial charge in [-0.1, -0.05) is 0 Å². The predicted molar refractivity (Wildman–Crippen MR) is 76.3 cm³/mol. The van der Waals surface area contributed by atoms with E-state index in [1.807, 2.05) is 0 Å². The highest BCUT2D eigenvalue weighted by molar-refractivity contribution is 5.94. The zero-order valence-electron chi connectivity index (χ0n) is 12.4. The standard InChI is InChI=1S/C15H22FN3O/c1-15(2)11-19(9-8-18(15)3)7-6-14(20)13-5-4-12(16)10-17-13/h4-5,10H,6-9,11H2,1-3H3. The summed E-state index contributed by atoms with van der Waals surface area (Å²) in [6, 6.07) is 2.73. The third-order valence-electron chi connectivity index (χ3n) is 4.06. The largest absolute Gasteiger partial charge is 0.300 e. The molecule has 2 heterocycles. The number of hydrogen-bond acceptors (Lipinski definition) is 4. The van der Waals surface area contributed by atoms with E-state index in [0.29, 0.717) is 12.1 Å². The van der Waals surface area contributed by atoms with Gasteiger partial charge >= 0.3 is 0 Å². The molecule has 0 bridgehead atoms. The molecule has 2 rings (SSSR count). The first-order chi connectivity index (χ1) is 9.38. The summed E-state index contributed by atoms with van der Waals surface area (Å²) in [5.74, 6) is -0.441. The highest BCUT2D eigenvalue weighted by Gasteiger charge is 2.30. The van der Waals surface area contributed by atoms with E-state index in [2.05, 4.69) is 35.7 Å². The van der Waals surface area contributed by atoms with Gasteiger partial charge in [-0.25, -0.2) is 4.39 Å². The molecule has 1 aromatic rings. The van der Waals surface area contributed by atoms with Crippen molar-refractivity contribution in [1.29, 1.82) is 0 Å². The third kappa shape index (κ3) is 3.61. The number of carbonyl (C=O) groups excluding carboxylic acids is 1. The van der Waals surface area contributed by atoms with Crippen LogP contribution >= 0.6 is 0 Å². The van der Waals surface area contributed by atoms with Gasteiger partial charge in [-0.2, -0.15) is 0 Å². The molecule has 4 nitrogen and oxygen atoms in total. The predicted octanol–water partition coefficient (Wildman–Crippen LogP) is 1.82. The van der Waals surface area contributed by atoms with Crippen molar-refractivity contribution in [2.45, 2.75) is 25.8 Å². The van der Waals surface area contributed by atoms with Crippen LogP contribution in [0.3, 0.4) is 0 Å². The fourth-order valence-electron chi connectivity index (χ4n) is 2.46. The molecule has 1 aromatic heterocycles. The van der Waals surface area contributed by atoms with Crippen molar-refractivity contribution in [3.63, 3.8) is 0 Å². The lowest BCUT2D eigenvalue weighted by Gasteiger charge is -2.45. The lowest BCUT2D eigenvalue weighted by Crippen LogP contribution is -2.57. The summed E-state index contributed by atoms with van der Waals surface area (Å²) in [5.41, 5.74) is 0.481. The van der Waals surface area contributed by atoms with Gasteiger partial charge in [0.1, 0.15) is 11.5 Å². The van der Waals surface area contributed by atoms with Crippen LogP contribution in [0.2, 0.25) is 0 Å². The fraction of sp³-hybridized carbons (Fsp3) is 0.600. The highest BCUT2D eigenvalue weighted by Crippen LogP contribution is 2.19. The fourth-order valence-corrected chi connectivity index (χ4v) is 2.46. The van der Waals surface area contributed by atoms with E-state index >= 15 is 0 Å². The Labute approximate surface area is 119 Å². The van der Waals surface area contributed by atoms with Gasteiger partial charge in [0.15, 0.2) is 5.78 Å². The van der Waals surface area contributed by atoms with Gasteiger partial charge in [-0.15, -0.1) is 0 Å². The Morgan fingerprint density at radius 2 is 2.15 bits per heavy atom. The first-order valence-electron chi connectivity index (χ1n) is 6.97. The maximum atomic E-state index is 12.8. The van der Waals surface area contributed by atoms with Crippen molar-refractivity contribution in [3.05, 3.63) is 29.8 Å². The van der Waals surface area contributed by atoms with Crippen molar-refractivity contribution in [1.82, 2.24) is 14.8 Å². The number of pyridine rings is 1. The third-order valence-corrected chi connectivity index (χ3v) is 4.06. The van der Waals surface area contributed by atoms with E-state index in [4.69, 9.17) is 0 Å². The van der Waals surface area contributed by atoms with Crippen LogP contribution in [0, 0.1) is 5.82 Å². The molecule has 0 radical (unpaired) electrons. The van der Waals surface area contributed by atoms with Crippen LogP contribution in [0.15, 0.2) is 18.3 Å². The summed E-state index contributed by atoms with van der Waals surface area (Å²) < 4.78 is 12.8. The average molecular weight is 279 g/mol. The van der Waals surface area contributed by atoms with Gasteiger partial charge in [-0.05, 0) is 33.0 Å². The minimum absolute atomic E-state index is 0.0262. The SMILES string of the molecule is CN1CCN(CCC(=O)c2ccc(F)cn2)CC1(C)C. The maximum Gasteiger partial charge on any atom is 0.182 e. The monoisotopic (exact) mass is 279 g/mol. The Morgan fingerprint density at radius 1 is 1.40 bits per heavy atom. The van der Waals surface area contributed by atoms with E-state index in [0.717, 1.165) is 32.4 Å². The summed E-state index contributed by atoms with van der Waals surface area (Å²) >= 11 is 0. The number of piperazine rings is 1. The smallest absolute Gasteiger partial charge is 0.182 e. The first-order valence-corrected chi connectivity index (χ1v) is 6.97. The van der Waals surface area contributed by atoms with Crippen LogP contribution < -0.4 is 0 Å². The molecule has 1 aliphatic rings. The van der Waals surface area contributed by atoms with Gasteiger partial charge < -0.3 is 0 Å². The number of nitrogens with zero attached hydrogens (tertiary/aromatic N) is 3. The molecule has 0 spiro atoms. The lowest BCUT2D eigenvalue weighted by molar-refractivity contribution is 0.0390. The minimum Gasteiger partial charge on any atom is -0.300 e. The first kappa shape index (κ1) is 15.1. The van der Waals surface area contributed by atoms with Crippen molar-refractivity contribution >= 4 is 5.78 Å². The average Bonchev–Trinajstić information content (AvgIpc) is 2.40. The molecule has 110 valence electrons. The van der Waals surface area contributed by atoms with Crippen molar-refractivity contribution in [2.75, 3.05) is 33.2 Å². The van der Waals surface area contributed by atoms with E-state index in [9.17, 15) is 9.18 Å². The second-order valence-corrected chi connectivity index (χ2v) is 6.04. The lowest BCUT2D eigenvalue weighted by atomic mass is 9.99. The summed E-state index contributed by atoms with van der Waals surface area (Å²) in [4.78, 5) is 20.5. The molecule has 1 aliphatic heterocycles. The normalized spacial score (nSPS) is 20.0. The van der Waals surface area contributed by atoms with Crippen LogP contribution in [0.25, 0.3) is 0 Å². The minimum atomic E-state index is -0.414. The number of Topliss-reactive ketones (excluding diaryl/α,β-unsaturated/α-hetero) is 1. The Morgan fingerprint density at radius 3 is 2.75 bits per heavy atom. The van der Waals surface area contributed by atoms with Crippen LogP contribution in [0.4, 0.5) is 4.39 Å². The Balaban J connectivity index is 1.86. The molecular weight excluding hydrogens is 257 g/mol. The quantitative estimate of drug-likeness (QED) is 0.788. The zero-order chi connectivity index (χ0) is 14.8. The maximum absolute atomic E-state index is 12.8. The molecule has 0 unspecified atom stereocenters. The second kappa shape index (κ2) is 5.97. The summed E-state index contributed by atoms with van der Waals surface area (Å²) in [7, 11) is 2.13.